The Bertz CT molecular complexity index is 737. The van der Waals surface area contributed by atoms with E-state index < -0.39 is 5.41 Å². The predicted molar refractivity (Wildman–Crippen MR) is 119 cm³/mol. The van der Waals surface area contributed by atoms with E-state index in [-0.39, 0.29) is 11.8 Å². The molecule has 0 bridgehead atoms. The Balaban J connectivity index is 1.81. The Morgan fingerprint density at radius 2 is 1.28 bits per heavy atom. The maximum atomic E-state index is 14.3. The van der Waals surface area contributed by atoms with Gasteiger partial charge in [-0.15, -0.1) is 0 Å². The number of hydrogen-bond acceptors (Lipinski definition) is 2. The fraction of sp³-hybridized carbons (Fsp3) is 0.500. The van der Waals surface area contributed by atoms with Gasteiger partial charge in [0.2, 0.25) is 5.91 Å². The van der Waals surface area contributed by atoms with Crippen LogP contribution in [0.25, 0.3) is 0 Å². The van der Waals surface area contributed by atoms with Crippen LogP contribution in [-0.2, 0) is 10.2 Å². The lowest BCUT2D eigenvalue weighted by atomic mass is 9.65. The highest BCUT2D eigenvalue weighted by Crippen LogP contribution is 2.42. The molecule has 1 amide bonds. The van der Waals surface area contributed by atoms with Crippen LogP contribution in [0.15, 0.2) is 60.7 Å². The summed E-state index contributed by atoms with van der Waals surface area (Å²) >= 11 is 0. The summed E-state index contributed by atoms with van der Waals surface area (Å²) < 4.78 is 0. The number of hydrogen-bond donors (Lipinski definition) is 0. The lowest BCUT2D eigenvalue weighted by molar-refractivity contribution is -0.137. The number of amides is 1. The third-order valence-corrected chi connectivity index (χ3v) is 6.91. The molecule has 2 aliphatic heterocycles. The molecule has 0 spiro atoms. The number of benzene rings is 2. The average molecular weight is 391 g/mol. The van der Waals surface area contributed by atoms with Crippen LogP contribution in [0, 0.1) is 5.92 Å². The molecule has 0 radical (unpaired) electrons. The second-order valence-electron chi connectivity index (χ2n) is 8.80. The van der Waals surface area contributed by atoms with E-state index in [0.29, 0.717) is 0 Å². The smallest absolute Gasteiger partial charge is 0.238 e. The maximum Gasteiger partial charge on any atom is 0.238 e. The minimum absolute atomic E-state index is 0.193. The SMILES string of the molecule is C[C@@H](CN1CCCCC1)C(C(=O)N1CCCC1)(c1ccccc1)c1ccccc1. The molecule has 0 aromatic heterocycles. The molecule has 2 aromatic carbocycles. The van der Waals surface area contributed by atoms with Gasteiger partial charge in [0.15, 0.2) is 0 Å². The molecular weight excluding hydrogens is 356 g/mol. The van der Waals surface area contributed by atoms with Gasteiger partial charge in [-0.05, 0) is 55.8 Å². The summed E-state index contributed by atoms with van der Waals surface area (Å²) in [5.41, 5.74) is 1.63. The number of nitrogens with zero attached hydrogens (tertiary/aromatic N) is 2. The summed E-state index contributed by atoms with van der Waals surface area (Å²) in [6, 6.07) is 21.1. The zero-order valence-electron chi connectivity index (χ0n) is 17.7. The zero-order valence-corrected chi connectivity index (χ0v) is 17.7. The van der Waals surface area contributed by atoms with Crippen molar-refractivity contribution in [3.63, 3.8) is 0 Å². The van der Waals surface area contributed by atoms with Crippen molar-refractivity contribution in [2.75, 3.05) is 32.7 Å². The van der Waals surface area contributed by atoms with Gasteiger partial charge in [0, 0.05) is 19.6 Å². The highest BCUT2D eigenvalue weighted by atomic mass is 16.2. The Hall–Kier alpha value is -2.13. The van der Waals surface area contributed by atoms with E-state index in [4.69, 9.17) is 0 Å². The van der Waals surface area contributed by atoms with Gasteiger partial charge in [0.05, 0.1) is 0 Å². The molecule has 2 fully saturated rings. The van der Waals surface area contributed by atoms with Gasteiger partial charge >= 0.3 is 0 Å². The molecule has 2 heterocycles. The van der Waals surface area contributed by atoms with Crippen molar-refractivity contribution < 1.29 is 4.79 Å². The third-order valence-electron chi connectivity index (χ3n) is 6.91. The molecule has 0 saturated carbocycles. The van der Waals surface area contributed by atoms with Gasteiger partial charge in [-0.2, -0.15) is 0 Å². The fourth-order valence-corrected chi connectivity index (χ4v) is 5.43. The van der Waals surface area contributed by atoms with E-state index in [1.165, 1.54) is 19.3 Å². The van der Waals surface area contributed by atoms with Crippen LogP contribution in [0.1, 0.15) is 50.2 Å². The Labute approximate surface area is 175 Å². The van der Waals surface area contributed by atoms with Crippen LogP contribution < -0.4 is 0 Å². The van der Waals surface area contributed by atoms with Crippen molar-refractivity contribution in [1.29, 1.82) is 0 Å². The number of likely N-dealkylation sites (tertiary alicyclic amines) is 2. The monoisotopic (exact) mass is 390 g/mol. The van der Waals surface area contributed by atoms with Gasteiger partial charge in [-0.25, -0.2) is 0 Å². The molecule has 2 aliphatic rings. The molecule has 4 rings (SSSR count). The molecule has 0 aliphatic carbocycles. The van der Waals surface area contributed by atoms with Crippen molar-refractivity contribution >= 4 is 5.91 Å². The summed E-state index contributed by atoms with van der Waals surface area (Å²) in [6.07, 6.45) is 6.12. The number of carbonyl (C=O) groups excluding carboxylic acids is 1. The van der Waals surface area contributed by atoms with Crippen LogP contribution in [-0.4, -0.2) is 48.4 Å². The van der Waals surface area contributed by atoms with E-state index in [2.05, 4.69) is 77.4 Å². The largest absolute Gasteiger partial charge is 0.342 e. The molecule has 29 heavy (non-hydrogen) atoms. The van der Waals surface area contributed by atoms with E-state index in [0.717, 1.165) is 56.7 Å². The van der Waals surface area contributed by atoms with E-state index in [1.807, 2.05) is 0 Å². The van der Waals surface area contributed by atoms with Gasteiger partial charge in [0.25, 0.3) is 0 Å². The quantitative estimate of drug-likeness (QED) is 0.713. The second-order valence-corrected chi connectivity index (χ2v) is 8.80. The lowest BCUT2D eigenvalue weighted by Gasteiger charge is -2.43. The Kier molecular flexibility index (Phi) is 6.34. The highest BCUT2D eigenvalue weighted by Gasteiger charge is 2.49. The molecule has 3 nitrogen and oxygen atoms in total. The number of carbonyl (C=O) groups is 1. The van der Waals surface area contributed by atoms with Crippen LogP contribution in [0.5, 0.6) is 0 Å². The molecule has 2 saturated heterocycles. The first kappa shape index (κ1) is 20.2. The highest BCUT2D eigenvalue weighted by molar-refractivity contribution is 5.92. The molecule has 2 aromatic rings. The first-order chi connectivity index (χ1) is 14.2. The predicted octanol–water partition coefficient (Wildman–Crippen LogP) is 4.72. The van der Waals surface area contributed by atoms with Crippen molar-refractivity contribution in [3.05, 3.63) is 71.8 Å². The first-order valence-electron chi connectivity index (χ1n) is 11.4. The van der Waals surface area contributed by atoms with E-state index in [9.17, 15) is 4.79 Å². The van der Waals surface area contributed by atoms with Crippen molar-refractivity contribution in [2.45, 2.75) is 44.4 Å². The molecule has 0 unspecified atom stereocenters. The van der Waals surface area contributed by atoms with E-state index in [1.54, 1.807) is 0 Å². The minimum Gasteiger partial charge on any atom is -0.342 e. The summed E-state index contributed by atoms with van der Waals surface area (Å²) in [4.78, 5) is 19.0. The van der Waals surface area contributed by atoms with Crippen LogP contribution in [0.4, 0.5) is 0 Å². The topological polar surface area (TPSA) is 23.6 Å². The van der Waals surface area contributed by atoms with Gasteiger partial charge < -0.3 is 9.80 Å². The standard InChI is InChI=1S/C26H34N2O/c1-22(21-27-17-9-4-10-18-27)26(23-13-5-2-6-14-23,24-15-7-3-8-16-24)25(29)28-19-11-12-20-28/h2-3,5-8,13-16,22H,4,9-12,17-21H2,1H3/t22-/m0/s1. The van der Waals surface area contributed by atoms with Gasteiger partial charge in [0.1, 0.15) is 5.41 Å². The van der Waals surface area contributed by atoms with Crippen LogP contribution in [0.2, 0.25) is 0 Å². The summed E-state index contributed by atoms with van der Waals surface area (Å²) in [7, 11) is 0. The normalized spacial score (nSPS) is 19.3. The Morgan fingerprint density at radius 3 is 1.79 bits per heavy atom. The Morgan fingerprint density at radius 1 is 0.793 bits per heavy atom. The minimum atomic E-state index is -0.635. The molecule has 0 N–H and O–H groups in total. The fourth-order valence-electron chi connectivity index (χ4n) is 5.43. The first-order valence-corrected chi connectivity index (χ1v) is 11.4. The lowest BCUT2D eigenvalue weighted by Crippen LogP contribution is -2.53. The number of piperidine rings is 1. The van der Waals surface area contributed by atoms with Crippen molar-refractivity contribution in [3.8, 4) is 0 Å². The average Bonchev–Trinajstić information content (AvgIpc) is 3.31. The second kappa shape index (κ2) is 9.13. The molecular formula is C26H34N2O. The third kappa shape index (κ3) is 3.98. The summed E-state index contributed by atoms with van der Waals surface area (Å²) in [6.45, 7) is 7.34. The van der Waals surface area contributed by atoms with E-state index >= 15 is 0 Å². The summed E-state index contributed by atoms with van der Waals surface area (Å²) in [5, 5.41) is 0. The van der Waals surface area contributed by atoms with Gasteiger partial charge in [-0.1, -0.05) is 74.0 Å². The molecule has 1 atom stereocenters. The maximum absolute atomic E-state index is 14.3. The molecule has 154 valence electrons. The van der Waals surface area contributed by atoms with Gasteiger partial charge in [-0.3, -0.25) is 4.79 Å². The van der Waals surface area contributed by atoms with Crippen molar-refractivity contribution in [2.24, 2.45) is 5.92 Å². The zero-order chi connectivity index (χ0) is 20.1. The number of rotatable bonds is 6. The molecule has 3 heteroatoms. The summed E-state index contributed by atoms with van der Waals surface area (Å²) in [5.74, 6) is 0.482. The van der Waals surface area contributed by atoms with Crippen molar-refractivity contribution in [1.82, 2.24) is 9.80 Å². The van der Waals surface area contributed by atoms with Crippen LogP contribution in [0.3, 0.4) is 0 Å². The van der Waals surface area contributed by atoms with Crippen LogP contribution >= 0.6 is 0 Å².